The Bertz CT molecular complexity index is 573. The normalized spacial score (nSPS) is 10.9. The Kier molecular flexibility index (Phi) is 3.88. The predicted molar refractivity (Wildman–Crippen MR) is 78.0 cm³/mol. The molecule has 96 valence electrons. The van der Waals surface area contributed by atoms with Crippen LogP contribution >= 0.6 is 15.9 Å². The van der Waals surface area contributed by atoms with Crippen LogP contribution in [0, 0.1) is 13.8 Å². The van der Waals surface area contributed by atoms with E-state index >= 15 is 0 Å². The molecule has 0 fully saturated rings. The van der Waals surface area contributed by atoms with E-state index in [-0.39, 0.29) is 0 Å². The number of hydrogen-bond donors (Lipinski definition) is 1. The van der Waals surface area contributed by atoms with Gasteiger partial charge in [-0.25, -0.2) is 4.68 Å². The highest BCUT2D eigenvalue weighted by Crippen LogP contribution is 2.25. The van der Waals surface area contributed by atoms with Crippen LogP contribution in [0.3, 0.4) is 0 Å². The fraction of sp³-hybridized carbons (Fsp3) is 0.357. The quantitative estimate of drug-likeness (QED) is 0.945. The Labute approximate surface area is 116 Å². The lowest BCUT2D eigenvalue weighted by molar-refractivity contribution is 0.827. The van der Waals surface area contributed by atoms with Crippen LogP contribution in [0.2, 0.25) is 0 Å². The topological polar surface area (TPSA) is 43.8 Å². The van der Waals surface area contributed by atoms with Crippen molar-refractivity contribution < 1.29 is 0 Å². The zero-order valence-electron chi connectivity index (χ0n) is 11.0. The average molecular weight is 308 g/mol. The molecule has 0 amide bonds. The van der Waals surface area contributed by atoms with Crippen LogP contribution < -0.4 is 5.73 Å². The molecule has 1 aromatic heterocycles. The van der Waals surface area contributed by atoms with Crippen molar-refractivity contribution in [2.24, 2.45) is 5.73 Å². The zero-order chi connectivity index (χ0) is 13.3. The Morgan fingerprint density at radius 3 is 2.56 bits per heavy atom. The van der Waals surface area contributed by atoms with Gasteiger partial charge in [-0.1, -0.05) is 13.0 Å². The van der Waals surface area contributed by atoms with Gasteiger partial charge >= 0.3 is 0 Å². The molecule has 0 unspecified atom stereocenters. The van der Waals surface area contributed by atoms with Crippen molar-refractivity contribution in [2.45, 2.75) is 33.7 Å². The second-order valence-electron chi connectivity index (χ2n) is 4.40. The molecule has 2 rings (SSSR count). The molecular formula is C14H18BrN3. The van der Waals surface area contributed by atoms with E-state index in [1.54, 1.807) is 0 Å². The maximum Gasteiger partial charge on any atom is 0.0791 e. The second kappa shape index (κ2) is 5.24. The van der Waals surface area contributed by atoms with Gasteiger partial charge in [0.05, 0.1) is 11.4 Å². The number of benzene rings is 1. The Hall–Kier alpha value is -1.13. The van der Waals surface area contributed by atoms with Crippen molar-refractivity contribution in [1.29, 1.82) is 0 Å². The van der Waals surface area contributed by atoms with Crippen LogP contribution in [0.1, 0.15) is 29.4 Å². The van der Waals surface area contributed by atoms with Crippen LogP contribution in [0.4, 0.5) is 0 Å². The van der Waals surface area contributed by atoms with Gasteiger partial charge in [0.15, 0.2) is 0 Å². The van der Waals surface area contributed by atoms with Crippen LogP contribution in [0.5, 0.6) is 0 Å². The monoisotopic (exact) mass is 307 g/mol. The van der Waals surface area contributed by atoms with Crippen LogP contribution in [-0.4, -0.2) is 9.78 Å². The minimum Gasteiger partial charge on any atom is -0.326 e. The molecule has 0 radical (unpaired) electrons. The molecule has 0 spiro atoms. The van der Waals surface area contributed by atoms with Gasteiger partial charge in [-0.2, -0.15) is 5.10 Å². The molecule has 0 atom stereocenters. The van der Waals surface area contributed by atoms with Crippen molar-refractivity contribution in [3.8, 4) is 5.69 Å². The van der Waals surface area contributed by atoms with Gasteiger partial charge in [0.1, 0.15) is 0 Å². The van der Waals surface area contributed by atoms with E-state index < -0.39 is 0 Å². The fourth-order valence-electron chi connectivity index (χ4n) is 2.27. The molecule has 1 heterocycles. The number of halogens is 1. The van der Waals surface area contributed by atoms with Crippen molar-refractivity contribution in [3.05, 3.63) is 45.2 Å². The summed E-state index contributed by atoms with van der Waals surface area (Å²) in [5.74, 6) is 0. The predicted octanol–water partition coefficient (Wildman–Crippen LogP) is 3.27. The largest absolute Gasteiger partial charge is 0.326 e. The summed E-state index contributed by atoms with van der Waals surface area (Å²) in [5.41, 5.74) is 11.5. The van der Waals surface area contributed by atoms with E-state index in [2.05, 4.69) is 53.9 Å². The number of nitrogens with zero attached hydrogens (tertiary/aromatic N) is 2. The minimum atomic E-state index is 0.552. The van der Waals surface area contributed by atoms with Gasteiger partial charge in [0.2, 0.25) is 0 Å². The average Bonchev–Trinajstić information content (AvgIpc) is 2.64. The molecule has 0 aliphatic rings. The summed E-state index contributed by atoms with van der Waals surface area (Å²) < 4.78 is 3.03. The third-order valence-electron chi connectivity index (χ3n) is 3.27. The number of nitrogens with two attached hydrogens (primary N) is 1. The lowest BCUT2D eigenvalue weighted by Gasteiger charge is -2.09. The highest BCUT2D eigenvalue weighted by Gasteiger charge is 2.13. The summed E-state index contributed by atoms with van der Waals surface area (Å²) >= 11 is 3.60. The molecule has 18 heavy (non-hydrogen) atoms. The molecular weight excluding hydrogens is 290 g/mol. The molecule has 1 aromatic carbocycles. The van der Waals surface area contributed by atoms with Gasteiger partial charge in [-0.3, -0.25) is 0 Å². The summed E-state index contributed by atoms with van der Waals surface area (Å²) in [6, 6.07) is 6.16. The molecule has 0 aliphatic heterocycles. The second-order valence-corrected chi connectivity index (χ2v) is 5.26. The van der Waals surface area contributed by atoms with E-state index in [0.29, 0.717) is 6.54 Å². The zero-order valence-corrected chi connectivity index (χ0v) is 12.6. The number of rotatable bonds is 3. The lowest BCUT2D eigenvalue weighted by atomic mass is 10.1. The maximum absolute atomic E-state index is 5.64. The molecule has 0 saturated carbocycles. The van der Waals surface area contributed by atoms with E-state index in [1.165, 1.54) is 11.3 Å². The molecule has 2 aromatic rings. The molecule has 2 N–H and O–H groups in total. The van der Waals surface area contributed by atoms with Crippen molar-refractivity contribution >= 4 is 15.9 Å². The smallest absolute Gasteiger partial charge is 0.0791 e. The highest BCUT2D eigenvalue weighted by molar-refractivity contribution is 9.10. The maximum atomic E-state index is 5.64. The standard InChI is InChI=1S/C14H18BrN3/c1-4-12-9(2)17-18(10(12)3)14-6-5-11(8-16)7-13(14)15/h5-7H,4,8,16H2,1-3H3. The van der Waals surface area contributed by atoms with E-state index in [4.69, 9.17) is 5.73 Å². The molecule has 0 aliphatic carbocycles. The first-order chi connectivity index (χ1) is 8.58. The third-order valence-corrected chi connectivity index (χ3v) is 3.91. The summed E-state index contributed by atoms with van der Waals surface area (Å²) in [6.45, 7) is 6.89. The number of aryl methyl sites for hydroxylation is 1. The highest BCUT2D eigenvalue weighted by atomic mass is 79.9. The van der Waals surface area contributed by atoms with Gasteiger partial charge in [-0.05, 0) is 59.5 Å². The number of hydrogen-bond acceptors (Lipinski definition) is 2. The Balaban J connectivity index is 2.55. The van der Waals surface area contributed by atoms with Crippen molar-refractivity contribution in [1.82, 2.24) is 9.78 Å². The first kappa shape index (κ1) is 13.3. The Morgan fingerprint density at radius 2 is 2.06 bits per heavy atom. The van der Waals surface area contributed by atoms with Crippen LogP contribution in [0.15, 0.2) is 22.7 Å². The van der Waals surface area contributed by atoms with Crippen LogP contribution in [-0.2, 0) is 13.0 Å². The van der Waals surface area contributed by atoms with E-state index in [9.17, 15) is 0 Å². The SMILES string of the molecule is CCc1c(C)nn(-c2ccc(CN)cc2Br)c1C. The lowest BCUT2D eigenvalue weighted by Crippen LogP contribution is -2.02. The van der Waals surface area contributed by atoms with Gasteiger partial charge in [0, 0.05) is 16.7 Å². The summed E-state index contributed by atoms with van der Waals surface area (Å²) in [4.78, 5) is 0. The third kappa shape index (κ3) is 2.22. The van der Waals surface area contributed by atoms with Gasteiger partial charge in [-0.15, -0.1) is 0 Å². The molecule has 4 heteroatoms. The summed E-state index contributed by atoms with van der Waals surface area (Å²) in [5, 5.41) is 4.62. The van der Waals surface area contributed by atoms with Crippen molar-refractivity contribution in [3.63, 3.8) is 0 Å². The first-order valence-electron chi connectivity index (χ1n) is 6.12. The summed E-state index contributed by atoms with van der Waals surface area (Å²) in [7, 11) is 0. The van der Waals surface area contributed by atoms with Gasteiger partial charge in [0.25, 0.3) is 0 Å². The van der Waals surface area contributed by atoms with Crippen molar-refractivity contribution in [2.75, 3.05) is 0 Å². The van der Waals surface area contributed by atoms with Gasteiger partial charge < -0.3 is 5.73 Å². The first-order valence-corrected chi connectivity index (χ1v) is 6.91. The van der Waals surface area contributed by atoms with Crippen LogP contribution in [0.25, 0.3) is 5.69 Å². The molecule has 0 saturated heterocycles. The molecule has 3 nitrogen and oxygen atoms in total. The summed E-state index contributed by atoms with van der Waals surface area (Å²) in [6.07, 6.45) is 1.01. The van der Waals surface area contributed by atoms with E-state index in [1.807, 2.05) is 10.7 Å². The minimum absolute atomic E-state index is 0.552. The van der Waals surface area contributed by atoms with E-state index in [0.717, 1.165) is 27.8 Å². The number of aromatic nitrogens is 2. The Morgan fingerprint density at radius 1 is 1.33 bits per heavy atom. The fourth-order valence-corrected chi connectivity index (χ4v) is 2.86. The molecule has 0 bridgehead atoms.